The molecule has 0 heterocycles. The maximum Gasteiger partial charge on any atom is 0.151 e. The molecule has 1 aromatic rings. The van der Waals surface area contributed by atoms with Crippen molar-refractivity contribution in [3.63, 3.8) is 0 Å². The lowest BCUT2D eigenvalue weighted by Gasteiger charge is -2.08. The van der Waals surface area contributed by atoms with Gasteiger partial charge in [0.1, 0.15) is 5.75 Å². The molecule has 0 aromatic heterocycles. The van der Waals surface area contributed by atoms with Crippen molar-refractivity contribution >= 4 is 22.2 Å². The van der Waals surface area contributed by atoms with Crippen LogP contribution in [0.5, 0.6) is 5.75 Å². The first-order valence-electron chi connectivity index (χ1n) is 5.01. The van der Waals surface area contributed by atoms with E-state index in [1.165, 1.54) is 0 Å². The van der Waals surface area contributed by atoms with E-state index in [4.69, 9.17) is 4.74 Å². The maximum atomic E-state index is 10.6. The molecule has 0 fully saturated rings. The average molecular weight is 271 g/mol. The third-order valence-electron chi connectivity index (χ3n) is 2.06. The van der Waals surface area contributed by atoms with Crippen LogP contribution in [0.1, 0.15) is 30.6 Å². The average Bonchev–Trinajstić information content (AvgIpc) is 2.17. The number of carbonyl (C=O) groups is 1. The molecular weight excluding hydrogens is 256 g/mol. The number of ether oxygens (including phenoxy) is 1. The minimum Gasteiger partial charge on any atom is -0.494 e. The predicted molar refractivity (Wildman–Crippen MR) is 64.5 cm³/mol. The molecule has 0 radical (unpaired) electrons. The van der Waals surface area contributed by atoms with E-state index in [-0.39, 0.29) is 0 Å². The van der Waals surface area contributed by atoms with Gasteiger partial charge < -0.3 is 4.74 Å². The molecule has 0 saturated heterocycles. The van der Waals surface area contributed by atoms with Crippen LogP contribution in [0.4, 0.5) is 0 Å². The Morgan fingerprint density at radius 1 is 1.47 bits per heavy atom. The van der Waals surface area contributed by atoms with Crippen LogP contribution in [0.25, 0.3) is 0 Å². The van der Waals surface area contributed by atoms with Gasteiger partial charge in [0.15, 0.2) is 6.29 Å². The number of rotatable bonds is 5. The Hall–Kier alpha value is -0.830. The molecule has 1 aromatic carbocycles. The topological polar surface area (TPSA) is 26.3 Å². The Bertz CT molecular complexity index is 334. The van der Waals surface area contributed by atoms with Crippen LogP contribution in [0, 0.1) is 5.92 Å². The SMILES string of the molecule is CC(C)CCOc1ccc(C=O)c(Br)c1. The summed E-state index contributed by atoms with van der Waals surface area (Å²) in [5.74, 6) is 1.44. The first-order chi connectivity index (χ1) is 7.13. The highest BCUT2D eigenvalue weighted by Gasteiger charge is 2.01. The zero-order valence-corrected chi connectivity index (χ0v) is 10.6. The van der Waals surface area contributed by atoms with E-state index in [9.17, 15) is 4.79 Å². The lowest BCUT2D eigenvalue weighted by molar-refractivity contribution is 0.112. The largest absolute Gasteiger partial charge is 0.494 e. The first kappa shape index (κ1) is 12.2. The predicted octanol–water partition coefficient (Wildman–Crippen LogP) is 3.69. The summed E-state index contributed by atoms with van der Waals surface area (Å²) < 4.78 is 6.33. The number of benzene rings is 1. The highest BCUT2D eigenvalue weighted by Crippen LogP contribution is 2.22. The summed E-state index contributed by atoms with van der Waals surface area (Å²) in [6.45, 7) is 5.04. The molecule has 1 rings (SSSR count). The van der Waals surface area contributed by atoms with Gasteiger partial charge >= 0.3 is 0 Å². The van der Waals surface area contributed by atoms with Crippen molar-refractivity contribution in [2.75, 3.05) is 6.61 Å². The van der Waals surface area contributed by atoms with E-state index in [2.05, 4.69) is 29.8 Å². The molecule has 82 valence electrons. The van der Waals surface area contributed by atoms with Gasteiger partial charge in [-0.25, -0.2) is 0 Å². The molecule has 0 aliphatic heterocycles. The lowest BCUT2D eigenvalue weighted by Crippen LogP contribution is -2.01. The second kappa shape index (κ2) is 5.91. The van der Waals surface area contributed by atoms with Crippen molar-refractivity contribution in [2.45, 2.75) is 20.3 Å². The number of hydrogen-bond acceptors (Lipinski definition) is 2. The second-order valence-electron chi connectivity index (χ2n) is 3.83. The van der Waals surface area contributed by atoms with Gasteiger partial charge in [0.2, 0.25) is 0 Å². The van der Waals surface area contributed by atoms with Crippen LogP contribution in [0.2, 0.25) is 0 Å². The second-order valence-corrected chi connectivity index (χ2v) is 4.69. The third-order valence-corrected chi connectivity index (χ3v) is 2.75. The van der Waals surface area contributed by atoms with Gasteiger partial charge in [0.25, 0.3) is 0 Å². The maximum absolute atomic E-state index is 10.6. The highest BCUT2D eigenvalue weighted by molar-refractivity contribution is 9.10. The van der Waals surface area contributed by atoms with Crippen molar-refractivity contribution < 1.29 is 9.53 Å². The minimum absolute atomic E-state index is 0.641. The van der Waals surface area contributed by atoms with Crippen molar-refractivity contribution in [2.24, 2.45) is 5.92 Å². The summed E-state index contributed by atoms with van der Waals surface area (Å²) in [7, 11) is 0. The minimum atomic E-state index is 0.641. The van der Waals surface area contributed by atoms with E-state index in [0.717, 1.165) is 22.9 Å². The molecule has 0 amide bonds. The Balaban J connectivity index is 2.56. The third kappa shape index (κ3) is 4.04. The van der Waals surface area contributed by atoms with Crippen molar-refractivity contribution in [3.8, 4) is 5.75 Å². The first-order valence-corrected chi connectivity index (χ1v) is 5.80. The molecule has 2 nitrogen and oxygen atoms in total. The van der Waals surface area contributed by atoms with Gasteiger partial charge in [-0.3, -0.25) is 4.79 Å². The molecule has 0 bridgehead atoms. The van der Waals surface area contributed by atoms with Gasteiger partial charge in [0, 0.05) is 10.0 Å². The van der Waals surface area contributed by atoms with Gasteiger partial charge in [-0.2, -0.15) is 0 Å². The molecular formula is C12H15BrO2. The Morgan fingerprint density at radius 3 is 2.73 bits per heavy atom. The van der Waals surface area contributed by atoms with Gasteiger partial charge in [-0.05, 0) is 46.5 Å². The summed E-state index contributed by atoms with van der Waals surface area (Å²) in [6, 6.07) is 5.39. The lowest BCUT2D eigenvalue weighted by atomic mass is 10.1. The molecule has 0 N–H and O–H groups in total. The summed E-state index contributed by atoms with van der Waals surface area (Å²) in [5.41, 5.74) is 0.645. The van der Waals surface area contributed by atoms with Crippen molar-refractivity contribution in [1.29, 1.82) is 0 Å². The molecule has 0 unspecified atom stereocenters. The Morgan fingerprint density at radius 2 is 2.20 bits per heavy atom. The summed E-state index contributed by atoms with van der Waals surface area (Å²) >= 11 is 3.32. The smallest absolute Gasteiger partial charge is 0.151 e. The Kier molecular flexibility index (Phi) is 4.82. The van der Waals surface area contributed by atoms with Crippen molar-refractivity contribution in [3.05, 3.63) is 28.2 Å². The number of aldehydes is 1. The molecule has 0 spiro atoms. The molecule has 0 atom stereocenters. The molecule has 15 heavy (non-hydrogen) atoms. The zero-order valence-electron chi connectivity index (χ0n) is 9.00. The molecule has 0 aliphatic rings. The summed E-state index contributed by atoms with van der Waals surface area (Å²) in [5, 5.41) is 0. The molecule has 3 heteroatoms. The van der Waals surface area contributed by atoms with Crippen LogP contribution in [0.15, 0.2) is 22.7 Å². The fourth-order valence-electron chi connectivity index (χ4n) is 1.11. The quantitative estimate of drug-likeness (QED) is 0.763. The van der Waals surface area contributed by atoms with E-state index in [1.54, 1.807) is 6.07 Å². The Labute approximate surface area is 98.8 Å². The monoisotopic (exact) mass is 270 g/mol. The zero-order chi connectivity index (χ0) is 11.3. The summed E-state index contributed by atoms with van der Waals surface area (Å²) in [6.07, 6.45) is 1.86. The number of carbonyl (C=O) groups excluding carboxylic acids is 1. The standard InChI is InChI=1S/C12H15BrO2/c1-9(2)5-6-15-11-4-3-10(8-14)12(13)7-11/h3-4,7-9H,5-6H2,1-2H3. The van der Waals surface area contributed by atoms with E-state index < -0.39 is 0 Å². The van der Waals surface area contributed by atoms with E-state index in [0.29, 0.717) is 18.1 Å². The fourth-order valence-corrected chi connectivity index (χ4v) is 1.56. The van der Waals surface area contributed by atoms with E-state index >= 15 is 0 Å². The normalized spacial score (nSPS) is 10.4. The van der Waals surface area contributed by atoms with Crippen LogP contribution in [-0.4, -0.2) is 12.9 Å². The van der Waals surface area contributed by atoms with Gasteiger partial charge in [-0.15, -0.1) is 0 Å². The summed E-state index contributed by atoms with van der Waals surface area (Å²) in [4.78, 5) is 10.6. The molecule has 0 aliphatic carbocycles. The number of halogens is 1. The van der Waals surface area contributed by atoms with Crippen LogP contribution < -0.4 is 4.74 Å². The highest BCUT2D eigenvalue weighted by atomic mass is 79.9. The van der Waals surface area contributed by atoms with Gasteiger partial charge in [-0.1, -0.05) is 13.8 Å². The van der Waals surface area contributed by atoms with Gasteiger partial charge in [0.05, 0.1) is 6.61 Å². The van der Waals surface area contributed by atoms with Crippen LogP contribution in [0.3, 0.4) is 0 Å². The van der Waals surface area contributed by atoms with E-state index in [1.807, 2.05) is 12.1 Å². The van der Waals surface area contributed by atoms with Crippen LogP contribution >= 0.6 is 15.9 Å². The van der Waals surface area contributed by atoms with Crippen molar-refractivity contribution in [1.82, 2.24) is 0 Å². The fraction of sp³-hybridized carbons (Fsp3) is 0.417. The number of hydrogen-bond donors (Lipinski definition) is 0. The molecule has 0 saturated carbocycles. The van der Waals surface area contributed by atoms with Crippen LogP contribution in [-0.2, 0) is 0 Å².